The van der Waals surface area contributed by atoms with Gasteiger partial charge in [0.1, 0.15) is 11.6 Å². The van der Waals surface area contributed by atoms with Crippen LogP contribution in [0.3, 0.4) is 0 Å². The van der Waals surface area contributed by atoms with Gasteiger partial charge in [-0.3, -0.25) is 4.79 Å². The van der Waals surface area contributed by atoms with Crippen molar-refractivity contribution in [3.05, 3.63) is 57.5 Å². The van der Waals surface area contributed by atoms with Crippen LogP contribution >= 0.6 is 11.3 Å². The summed E-state index contributed by atoms with van der Waals surface area (Å²) in [6.07, 6.45) is 1.47. The average Bonchev–Trinajstić information content (AvgIpc) is 3.03. The van der Waals surface area contributed by atoms with E-state index in [2.05, 4.69) is 10.1 Å². The molecule has 7 nitrogen and oxygen atoms in total. The van der Waals surface area contributed by atoms with E-state index in [9.17, 15) is 9.90 Å². The third-order valence-corrected chi connectivity index (χ3v) is 5.49. The lowest BCUT2D eigenvalue weighted by Gasteiger charge is -2.10. The second kappa shape index (κ2) is 6.97. The van der Waals surface area contributed by atoms with Gasteiger partial charge in [0.2, 0.25) is 0 Å². The van der Waals surface area contributed by atoms with E-state index < -0.39 is 0 Å². The molecule has 0 fully saturated rings. The second-order valence-electron chi connectivity index (χ2n) is 6.06. The van der Waals surface area contributed by atoms with Crippen LogP contribution in [0.2, 0.25) is 0 Å². The molecule has 0 atom stereocenters. The Morgan fingerprint density at radius 2 is 1.86 bits per heavy atom. The highest BCUT2D eigenvalue weighted by Crippen LogP contribution is 2.35. The van der Waals surface area contributed by atoms with E-state index in [4.69, 9.17) is 9.47 Å². The summed E-state index contributed by atoms with van der Waals surface area (Å²) in [5, 5.41) is 15.8. The van der Waals surface area contributed by atoms with Crippen LogP contribution in [0.4, 0.5) is 0 Å². The lowest BCUT2D eigenvalue weighted by Crippen LogP contribution is -2.20. The molecule has 0 bridgehead atoms. The van der Waals surface area contributed by atoms with Gasteiger partial charge in [0.25, 0.3) is 5.56 Å². The van der Waals surface area contributed by atoms with Crippen LogP contribution in [-0.4, -0.2) is 35.2 Å². The van der Waals surface area contributed by atoms with Crippen LogP contribution in [0, 0.1) is 6.92 Å². The van der Waals surface area contributed by atoms with Crippen molar-refractivity contribution in [3.8, 4) is 17.2 Å². The van der Waals surface area contributed by atoms with Crippen molar-refractivity contribution in [2.45, 2.75) is 6.92 Å². The normalized spacial score (nSPS) is 11.5. The Morgan fingerprint density at radius 1 is 1.14 bits per heavy atom. The minimum atomic E-state index is -0.333. The molecule has 0 aliphatic rings. The number of hydrogen-bond acceptors (Lipinski definition) is 7. The number of aromatic hydroxyl groups is 1. The van der Waals surface area contributed by atoms with Gasteiger partial charge in [0.05, 0.1) is 36.2 Å². The first kappa shape index (κ1) is 18.0. The van der Waals surface area contributed by atoms with Crippen LogP contribution in [0.15, 0.2) is 46.3 Å². The molecule has 0 radical (unpaired) electrons. The SMILES string of the molecule is COc1cc2nc(C)n(/N=C/c3sc4ccccc4c3O)c(=O)c2cc1OC. The summed E-state index contributed by atoms with van der Waals surface area (Å²) in [6.45, 7) is 1.69. The van der Waals surface area contributed by atoms with Gasteiger partial charge in [-0.1, -0.05) is 12.1 Å². The Morgan fingerprint density at radius 3 is 2.57 bits per heavy atom. The van der Waals surface area contributed by atoms with Crippen LogP contribution in [0.5, 0.6) is 17.2 Å². The first-order chi connectivity index (χ1) is 13.5. The number of aryl methyl sites for hydroxylation is 1. The van der Waals surface area contributed by atoms with E-state index in [0.717, 1.165) is 10.1 Å². The van der Waals surface area contributed by atoms with Crippen LogP contribution in [-0.2, 0) is 0 Å². The van der Waals surface area contributed by atoms with E-state index in [1.54, 1.807) is 19.1 Å². The predicted octanol–water partition coefficient (Wildman–Crippen LogP) is 3.52. The van der Waals surface area contributed by atoms with E-state index in [1.165, 1.54) is 36.4 Å². The molecule has 0 unspecified atom stereocenters. The van der Waals surface area contributed by atoms with Gasteiger partial charge in [-0.05, 0) is 25.1 Å². The summed E-state index contributed by atoms with van der Waals surface area (Å²) in [6, 6.07) is 10.8. The number of hydrogen-bond donors (Lipinski definition) is 1. The summed E-state index contributed by atoms with van der Waals surface area (Å²) in [7, 11) is 3.03. The molecule has 0 spiro atoms. The Bertz CT molecular complexity index is 1290. The van der Waals surface area contributed by atoms with E-state index in [0.29, 0.717) is 33.1 Å². The number of rotatable bonds is 4. The Kier molecular flexibility index (Phi) is 4.48. The molecule has 142 valence electrons. The zero-order chi connectivity index (χ0) is 19.8. The van der Waals surface area contributed by atoms with Gasteiger partial charge >= 0.3 is 0 Å². The van der Waals surface area contributed by atoms with E-state index >= 15 is 0 Å². The van der Waals surface area contributed by atoms with Gasteiger partial charge in [-0.2, -0.15) is 9.78 Å². The van der Waals surface area contributed by atoms with Crippen molar-refractivity contribution >= 4 is 38.5 Å². The maximum absolute atomic E-state index is 12.9. The monoisotopic (exact) mass is 395 g/mol. The fraction of sp³-hybridized carbons (Fsp3) is 0.150. The van der Waals surface area contributed by atoms with E-state index in [-0.39, 0.29) is 11.3 Å². The number of aromatic nitrogens is 2. The maximum Gasteiger partial charge on any atom is 0.282 e. The number of fused-ring (bicyclic) bond motifs is 2. The minimum Gasteiger partial charge on any atom is -0.506 e. The number of benzene rings is 2. The molecule has 2 heterocycles. The first-order valence-electron chi connectivity index (χ1n) is 8.43. The van der Waals surface area contributed by atoms with Gasteiger partial charge in [0, 0.05) is 16.2 Å². The second-order valence-corrected chi connectivity index (χ2v) is 7.14. The molecule has 2 aromatic carbocycles. The molecule has 2 aromatic heterocycles. The molecule has 0 saturated carbocycles. The summed E-state index contributed by atoms with van der Waals surface area (Å²) >= 11 is 1.40. The summed E-state index contributed by atoms with van der Waals surface area (Å²) in [5.74, 6) is 1.50. The van der Waals surface area contributed by atoms with Gasteiger partial charge < -0.3 is 14.6 Å². The zero-order valence-corrected chi connectivity index (χ0v) is 16.3. The third kappa shape index (κ3) is 2.87. The van der Waals surface area contributed by atoms with Gasteiger partial charge in [-0.25, -0.2) is 4.98 Å². The van der Waals surface area contributed by atoms with Crippen molar-refractivity contribution in [3.63, 3.8) is 0 Å². The van der Waals surface area contributed by atoms with Crippen molar-refractivity contribution in [1.29, 1.82) is 0 Å². The maximum atomic E-state index is 12.9. The molecule has 1 N–H and O–H groups in total. The minimum absolute atomic E-state index is 0.148. The molecule has 0 aliphatic carbocycles. The van der Waals surface area contributed by atoms with Crippen molar-refractivity contribution < 1.29 is 14.6 Å². The van der Waals surface area contributed by atoms with Gasteiger partial charge in [0.15, 0.2) is 11.5 Å². The lowest BCUT2D eigenvalue weighted by atomic mass is 10.2. The first-order valence-corrected chi connectivity index (χ1v) is 9.25. The lowest BCUT2D eigenvalue weighted by molar-refractivity contribution is 0.355. The van der Waals surface area contributed by atoms with Crippen LogP contribution < -0.4 is 15.0 Å². The molecule has 0 amide bonds. The Balaban J connectivity index is 1.85. The number of thiophene rings is 1. The number of ether oxygens (including phenoxy) is 2. The quantitative estimate of drug-likeness (QED) is 0.534. The van der Waals surface area contributed by atoms with Crippen molar-refractivity contribution in [2.75, 3.05) is 14.2 Å². The van der Waals surface area contributed by atoms with Crippen LogP contribution in [0.1, 0.15) is 10.7 Å². The Hall–Kier alpha value is -3.39. The molecular weight excluding hydrogens is 378 g/mol. The molecule has 0 aliphatic heterocycles. The summed E-state index contributed by atoms with van der Waals surface area (Å²) in [5.41, 5.74) is 0.164. The van der Waals surface area contributed by atoms with Crippen molar-refractivity contribution in [2.24, 2.45) is 5.10 Å². The third-order valence-electron chi connectivity index (χ3n) is 4.40. The van der Waals surface area contributed by atoms with Crippen LogP contribution in [0.25, 0.3) is 21.0 Å². The zero-order valence-electron chi connectivity index (χ0n) is 15.5. The Labute approximate surface area is 164 Å². The summed E-state index contributed by atoms with van der Waals surface area (Å²) < 4.78 is 12.7. The highest BCUT2D eigenvalue weighted by molar-refractivity contribution is 7.21. The topological polar surface area (TPSA) is 85.9 Å². The number of methoxy groups -OCH3 is 2. The highest BCUT2D eigenvalue weighted by atomic mass is 32.1. The molecule has 0 saturated heterocycles. The molecular formula is C20H17N3O4S. The smallest absolute Gasteiger partial charge is 0.282 e. The standard InChI is InChI=1S/C20H17N3O4S/c1-11-22-14-9-16(27-3)15(26-2)8-13(14)20(25)23(11)21-10-18-19(24)12-6-4-5-7-17(12)28-18/h4-10,24H,1-3H3/b21-10+. The molecule has 28 heavy (non-hydrogen) atoms. The van der Waals surface area contributed by atoms with E-state index in [1.807, 2.05) is 24.3 Å². The largest absolute Gasteiger partial charge is 0.506 e. The summed E-state index contributed by atoms with van der Waals surface area (Å²) in [4.78, 5) is 18.0. The predicted molar refractivity (Wildman–Crippen MR) is 110 cm³/mol. The highest BCUT2D eigenvalue weighted by Gasteiger charge is 2.14. The molecule has 4 rings (SSSR count). The fourth-order valence-corrected chi connectivity index (χ4v) is 3.96. The molecule has 4 aromatic rings. The number of nitrogens with zero attached hydrogens (tertiary/aromatic N) is 3. The molecule has 8 heteroatoms. The van der Waals surface area contributed by atoms with Crippen molar-refractivity contribution in [1.82, 2.24) is 9.66 Å². The fourth-order valence-electron chi connectivity index (χ4n) is 3.00. The van der Waals surface area contributed by atoms with Gasteiger partial charge in [-0.15, -0.1) is 11.3 Å². The average molecular weight is 395 g/mol.